The summed E-state index contributed by atoms with van der Waals surface area (Å²) in [5.41, 5.74) is 1.59. The van der Waals surface area contributed by atoms with E-state index in [2.05, 4.69) is 21.3 Å². The highest BCUT2D eigenvalue weighted by molar-refractivity contribution is 5.55. The molecule has 1 heterocycles. The van der Waals surface area contributed by atoms with Crippen LogP contribution in [0, 0.1) is 18.3 Å². The number of pyridine rings is 1. The zero-order chi connectivity index (χ0) is 11.3. The Balaban J connectivity index is 2.69. The topological polar surface area (TPSA) is 52.0 Å². The Morgan fingerprint density at radius 3 is 2.87 bits per heavy atom. The van der Waals surface area contributed by atoms with Crippen LogP contribution in [0.25, 0.3) is 0 Å². The molecule has 0 amide bonds. The van der Waals surface area contributed by atoms with E-state index in [1.165, 1.54) is 0 Å². The highest BCUT2D eigenvalue weighted by Gasteiger charge is 2.05. The summed E-state index contributed by atoms with van der Waals surface area (Å²) in [5.74, 6) is 0.680. The van der Waals surface area contributed by atoms with E-state index in [1.54, 1.807) is 6.20 Å². The first-order chi connectivity index (χ1) is 7.15. The van der Waals surface area contributed by atoms with Crippen molar-refractivity contribution in [3.8, 4) is 6.07 Å². The molecule has 4 nitrogen and oxygen atoms in total. The van der Waals surface area contributed by atoms with Crippen molar-refractivity contribution in [2.24, 2.45) is 0 Å². The van der Waals surface area contributed by atoms with Crippen LogP contribution in [-0.2, 0) is 0 Å². The van der Waals surface area contributed by atoms with Crippen molar-refractivity contribution in [1.82, 2.24) is 9.88 Å². The van der Waals surface area contributed by atoms with E-state index in [9.17, 15) is 0 Å². The van der Waals surface area contributed by atoms with Crippen LogP contribution in [0.4, 0.5) is 5.82 Å². The summed E-state index contributed by atoms with van der Waals surface area (Å²) in [6.07, 6.45) is 1.72. The number of hydrogen-bond acceptors (Lipinski definition) is 4. The molecule has 0 fully saturated rings. The van der Waals surface area contributed by atoms with Gasteiger partial charge < -0.3 is 10.2 Å². The summed E-state index contributed by atoms with van der Waals surface area (Å²) in [6.45, 7) is 3.62. The molecule has 0 aliphatic rings. The summed E-state index contributed by atoms with van der Waals surface area (Å²) in [5, 5.41) is 12.1. The molecule has 1 aromatic rings. The molecule has 1 aromatic heterocycles. The van der Waals surface area contributed by atoms with E-state index in [0.29, 0.717) is 11.4 Å². The van der Waals surface area contributed by atoms with Crippen molar-refractivity contribution in [3.63, 3.8) is 0 Å². The number of likely N-dealkylation sites (N-methyl/N-ethyl adjacent to an activating group) is 1. The van der Waals surface area contributed by atoms with Crippen LogP contribution in [0.15, 0.2) is 12.3 Å². The smallest absolute Gasteiger partial charge is 0.144 e. The molecule has 1 N–H and O–H groups in total. The maximum atomic E-state index is 8.97. The lowest BCUT2D eigenvalue weighted by molar-refractivity contribution is 0.425. The third kappa shape index (κ3) is 3.22. The van der Waals surface area contributed by atoms with Gasteiger partial charge in [0, 0.05) is 19.3 Å². The Bertz CT molecular complexity index is 365. The number of anilines is 1. The number of nitriles is 1. The van der Waals surface area contributed by atoms with E-state index in [1.807, 2.05) is 27.1 Å². The summed E-state index contributed by atoms with van der Waals surface area (Å²) in [4.78, 5) is 6.23. The number of nitrogens with zero attached hydrogens (tertiary/aromatic N) is 3. The van der Waals surface area contributed by atoms with Crippen molar-refractivity contribution in [2.75, 3.05) is 32.5 Å². The number of aryl methyl sites for hydroxylation is 1. The Morgan fingerprint density at radius 1 is 1.53 bits per heavy atom. The second-order valence-electron chi connectivity index (χ2n) is 3.69. The molecule has 0 aromatic carbocycles. The zero-order valence-corrected chi connectivity index (χ0v) is 9.41. The Hall–Kier alpha value is -1.60. The van der Waals surface area contributed by atoms with Gasteiger partial charge in [0.15, 0.2) is 0 Å². The molecule has 0 spiro atoms. The predicted octanol–water partition coefficient (Wildman–Crippen LogP) is 1.24. The molecule has 0 saturated heterocycles. The molecule has 0 atom stereocenters. The van der Waals surface area contributed by atoms with Crippen molar-refractivity contribution in [3.05, 3.63) is 23.4 Å². The first-order valence-electron chi connectivity index (χ1n) is 4.89. The molecule has 0 radical (unpaired) electrons. The quantitative estimate of drug-likeness (QED) is 0.801. The van der Waals surface area contributed by atoms with Gasteiger partial charge >= 0.3 is 0 Å². The molecule has 4 heteroatoms. The van der Waals surface area contributed by atoms with Gasteiger partial charge in [-0.3, -0.25) is 0 Å². The highest BCUT2D eigenvalue weighted by atomic mass is 15.1. The van der Waals surface area contributed by atoms with Crippen LogP contribution in [0.5, 0.6) is 0 Å². The molecular weight excluding hydrogens is 188 g/mol. The Labute approximate surface area is 90.5 Å². The number of rotatable bonds is 4. The van der Waals surface area contributed by atoms with Gasteiger partial charge in [0.1, 0.15) is 11.9 Å². The minimum atomic E-state index is 0.635. The second kappa shape index (κ2) is 5.32. The lowest BCUT2D eigenvalue weighted by Crippen LogP contribution is -2.21. The molecule has 80 valence electrons. The number of hydrogen-bond donors (Lipinski definition) is 1. The molecule has 0 bridgehead atoms. The van der Waals surface area contributed by atoms with Crippen LogP contribution in [0.2, 0.25) is 0 Å². The van der Waals surface area contributed by atoms with Gasteiger partial charge in [0.25, 0.3) is 0 Å². The average Bonchev–Trinajstić information content (AvgIpc) is 2.17. The van der Waals surface area contributed by atoms with E-state index < -0.39 is 0 Å². The van der Waals surface area contributed by atoms with Crippen LogP contribution < -0.4 is 5.32 Å². The molecule has 15 heavy (non-hydrogen) atoms. The molecular formula is C11H16N4. The minimum absolute atomic E-state index is 0.635. The van der Waals surface area contributed by atoms with Crippen LogP contribution in [0.1, 0.15) is 11.1 Å². The van der Waals surface area contributed by atoms with Crippen LogP contribution >= 0.6 is 0 Å². The maximum absolute atomic E-state index is 8.97. The average molecular weight is 204 g/mol. The third-order valence-electron chi connectivity index (χ3n) is 2.12. The fraction of sp³-hybridized carbons (Fsp3) is 0.455. The molecule has 1 rings (SSSR count). The Kier molecular flexibility index (Phi) is 4.07. The van der Waals surface area contributed by atoms with Crippen molar-refractivity contribution >= 4 is 5.82 Å². The monoisotopic (exact) mass is 204 g/mol. The van der Waals surface area contributed by atoms with Gasteiger partial charge in [-0.1, -0.05) is 0 Å². The van der Waals surface area contributed by atoms with E-state index >= 15 is 0 Å². The number of nitrogens with one attached hydrogen (secondary N) is 1. The maximum Gasteiger partial charge on any atom is 0.144 e. The largest absolute Gasteiger partial charge is 0.368 e. The lowest BCUT2D eigenvalue weighted by Gasteiger charge is -2.12. The second-order valence-corrected chi connectivity index (χ2v) is 3.69. The Morgan fingerprint density at radius 2 is 2.27 bits per heavy atom. The molecule has 0 aliphatic carbocycles. The van der Waals surface area contributed by atoms with Crippen LogP contribution in [0.3, 0.4) is 0 Å². The highest BCUT2D eigenvalue weighted by Crippen LogP contribution is 2.14. The van der Waals surface area contributed by atoms with Gasteiger partial charge in [0.2, 0.25) is 0 Å². The zero-order valence-electron chi connectivity index (χ0n) is 9.41. The van der Waals surface area contributed by atoms with E-state index in [4.69, 9.17) is 5.26 Å². The van der Waals surface area contributed by atoms with Crippen LogP contribution in [-0.4, -0.2) is 37.1 Å². The summed E-state index contributed by atoms with van der Waals surface area (Å²) in [7, 11) is 4.02. The third-order valence-corrected chi connectivity index (χ3v) is 2.12. The van der Waals surface area contributed by atoms with Gasteiger partial charge in [-0.15, -0.1) is 0 Å². The van der Waals surface area contributed by atoms with E-state index in [-0.39, 0.29) is 0 Å². The van der Waals surface area contributed by atoms with Gasteiger partial charge in [-0.25, -0.2) is 4.98 Å². The SMILES string of the molecule is Cc1ccnc(NCCN(C)C)c1C#N. The molecule has 0 saturated carbocycles. The fourth-order valence-electron chi connectivity index (χ4n) is 1.23. The standard InChI is InChI=1S/C11H16N4/c1-9-4-5-13-11(10(9)8-12)14-6-7-15(2)3/h4-5H,6-7H2,1-3H3,(H,13,14). The summed E-state index contributed by atoms with van der Waals surface area (Å²) >= 11 is 0. The first-order valence-corrected chi connectivity index (χ1v) is 4.89. The van der Waals surface area contributed by atoms with Crippen molar-refractivity contribution in [1.29, 1.82) is 5.26 Å². The summed E-state index contributed by atoms with van der Waals surface area (Å²) in [6, 6.07) is 4.01. The van der Waals surface area contributed by atoms with Crippen molar-refractivity contribution in [2.45, 2.75) is 6.92 Å². The normalized spacial score (nSPS) is 10.1. The fourth-order valence-corrected chi connectivity index (χ4v) is 1.23. The molecule has 0 unspecified atom stereocenters. The lowest BCUT2D eigenvalue weighted by atomic mass is 10.1. The van der Waals surface area contributed by atoms with Crippen molar-refractivity contribution < 1.29 is 0 Å². The van der Waals surface area contributed by atoms with Gasteiger partial charge in [-0.2, -0.15) is 5.26 Å². The van der Waals surface area contributed by atoms with E-state index in [0.717, 1.165) is 18.7 Å². The predicted molar refractivity (Wildman–Crippen MR) is 60.7 cm³/mol. The number of aromatic nitrogens is 1. The first kappa shape index (κ1) is 11.5. The molecule has 0 aliphatic heterocycles. The van der Waals surface area contributed by atoms with Gasteiger partial charge in [-0.05, 0) is 32.6 Å². The summed E-state index contributed by atoms with van der Waals surface area (Å²) < 4.78 is 0. The van der Waals surface area contributed by atoms with Gasteiger partial charge in [0.05, 0.1) is 5.56 Å². The minimum Gasteiger partial charge on any atom is -0.368 e.